The Morgan fingerprint density at radius 3 is 2.57 bits per heavy atom. The lowest BCUT2D eigenvalue weighted by Crippen LogP contribution is -2.77. The third-order valence-corrected chi connectivity index (χ3v) is 5.76. The van der Waals surface area contributed by atoms with E-state index in [1.54, 1.807) is 6.92 Å². The first-order chi connectivity index (χ1) is 10.6. The van der Waals surface area contributed by atoms with Crippen molar-refractivity contribution in [3.05, 3.63) is 0 Å². The van der Waals surface area contributed by atoms with Crippen molar-refractivity contribution in [1.82, 2.24) is 9.80 Å². The fraction of sp³-hybridized carbons (Fsp3) is 0.941. The quantitative estimate of drug-likeness (QED) is 0.766. The summed E-state index contributed by atoms with van der Waals surface area (Å²) in [4.78, 5) is 17.1. The summed E-state index contributed by atoms with van der Waals surface area (Å²) >= 11 is 0. The van der Waals surface area contributed by atoms with E-state index in [1.807, 2.05) is 25.7 Å². The van der Waals surface area contributed by atoms with Gasteiger partial charge >= 0.3 is 0 Å². The molecule has 0 spiro atoms. The predicted molar refractivity (Wildman–Crippen MR) is 90.0 cm³/mol. The number of carbonyl (C=O) groups is 1. The lowest BCUT2D eigenvalue weighted by Gasteiger charge is -2.59. The van der Waals surface area contributed by atoms with E-state index in [0.29, 0.717) is 32.7 Å². The van der Waals surface area contributed by atoms with Gasteiger partial charge in [0.05, 0.1) is 12.2 Å². The molecule has 6 nitrogen and oxygen atoms in total. The molecular weight excluding hydrogens is 294 g/mol. The van der Waals surface area contributed by atoms with E-state index >= 15 is 0 Å². The lowest BCUT2D eigenvalue weighted by atomic mass is 9.54. The fourth-order valence-corrected chi connectivity index (χ4v) is 3.87. The molecule has 1 heterocycles. The number of carbonyl (C=O) groups excluding carboxylic acids is 1. The van der Waals surface area contributed by atoms with Crippen LogP contribution in [0.15, 0.2) is 0 Å². The number of aliphatic hydroxyl groups excluding tert-OH is 1. The summed E-state index contributed by atoms with van der Waals surface area (Å²) in [5, 5.41) is 9.57. The maximum absolute atomic E-state index is 13.0. The van der Waals surface area contributed by atoms with E-state index in [-0.39, 0.29) is 29.6 Å². The van der Waals surface area contributed by atoms with Gasteiger partial charge in [0.2, 0.25) is 5.91 Å². The number of ether oxygens (including phenoxy) is 1. The molecule has 1 aliphatic heterocycles. The Labute approximate surface area is 139 Å². The molecule has 2 fully saturated rings. The second kappa shape index (κ2) is 6.67. The van der Waals surface area contributed by atoms with E-state index in [1.165, 1.54) is 0 Å². The van der Waals surface area contributed by atoms with Gasteiger partial charge in [-0.1, -0.05) is 13.8 Å². The van der Waals surface area contributed by atoms with E-state index in [9.17, 15) is 9.90 Å². The fourth-order valence-electron chi connectivity index (χ4n) is 3.87. The van der Waals surface area contributed by atoms with E-state index < -0.39 is 5.54 Å². The van der Waals surface area contributed by atoms with Gasteiger partial charge in [-0.3, -0.25) is 9.69 Å². The Hall–Kier alpha value is -0.690. The Bertz CT molecular complexity index is 441. The Kier molecular flexibility index (Phi) is 5.41. The maximum atomic E-state index is 13.0. The van der Waals surface area contributed by atoms with Crippen LogP contribution in [-0.2, 0) is 9.53 Å². The van der Waals surface area contributed by atoms with E-state index in [0.717, 1.165) is 6.54 Å². The minimum absolute atomic E-state index is 0.0435. The van der Waals surface area contributed by atoms with Gasteiger partial charge in [-0.15, -0.1) is 0 Å². The molecule has 134 valence electrons. The first-order valence-corrected chi connectivity index (χ1v) is 8.75. The maximum Gasteiger partial charge on any atom is 0.243 e. The number of β-amino-alcohol motifs (C(OH)–C–C–N with tert-alkyl or cyclic N) is 1. The predicted octanol–water partition coefficient (Wildman–Crippen LogP) is 0.432. The largest absolute Gasteiger partial charge is 0.392 e. The van der Waals surface area contributed by atoms with Gasteiger partial charge in [0, 0.05) is 50.7 Å². The molecule has 0 aromatic rings. The van der Waals surface area contributed by atoms with Gasteiger partial charge in [-0.2, -0.15) is 0 Å². The third kappa shape index (κ3) is 3.27. The summed E-state index contributed by atoms with van der Waals surface area (Å²) in [6.45, 7) is 13.3. The highest BCUT2D eigenvalue weighted by atomic mass is 16.5. The highest BCUT2D eigenvalue weighted by Crippen LogP contribution is 2.50. The van der Waals surface area contributed by atoms with Crippen molar-refractivity contribution in [2.24, 2.45) is 11.1 Å². The van der Waals surface area contributed by atoms with Crippen molar-refractivity contribution in [3.63, 3.8) is 0 Å². The summed E-state index contributed by atoms with van der Waals surface area (Å²) in [5.74, 6) is 0.0435. The molecule has 1 saturated heterocycles. The van der Waals surface area contributed by atoms with Crippen LogP contribution in [0.4, 0.5) is 0 Å². The second-order valence-electron chi connectivity index (χ2n) is 7.79. The van der Waals surface area contributed by atoms with Crippen molar-refractivity contribution < 1.29 is 14.6 Å². The summed E-state index contributed by atoms with van der Waals surface area (Å²) in [6.07, 6.45) is 0.294. The van der Waals surface area contributed by atoms with Crippen LogP contribution in [0.3, 0.4) is 0 Å². The molecule has 4 atom stereocenters. The average Bonchev–Trinajstić information content (AvgIpc) is 2.47. The van der Waals surface area contributed by atoms with Crippen LogP contribution >= 0.6 is 0 Å². The minimum atomic E-state index is -0.834. The van der Waals surface area contributed by atoms with Crippen LogP contribution in [0.5, 0.6) is 0 Å². The SMILES string of the molecule is CCOC1CC(N)(C(=O)N2CCN(CC(C)O)C(C)C2)C1(C)C. The van der Waals surface area contributed by atoms with Crippen molar-refractivity contribution >= 4 is 5.91 Å². The standard InChI is InChI=1S/C17H33N3O3/c1-6-23-14-9-17(18,16(14,4)5)15(22)20-8-7-19(11-13(3)21)12(2)10-20/h12-14,21H,6-11,18H2,1-5H3. The number of amides is 1. The van der Waals surface area contributed by atoms with Crippen LogP contribution in [-0.4, -0.2) is 77.4 Å². The molecule has 4 unspecified atom stereocenters. The third-order valence-electron chi connectivity index (χ3n) is 5.76. The summed E-state index contributed by atoms with van der Waals surface area (Å²) < 4.78 is 5.72. The number of piperazine rings is 1. The molecule has 3 N–H and O–H groups in total. The monoisotopic (exact) mass is 327 g/mol. The minimum Gasteiger partial charge on any atom is -0.392 e. The zero-order chi connectivity index (χ0) is 17.4. The van der Waals surface area contributed by atoms with Crippen LogP contribution in [0, 0.1) is 5.41 Å². The number of aliphatic hydroxyl groups is 1. The lowest BCUT2D eigenvalue weighted by molar-refractivity contribution is -0.181. The van der Waals surface area contributed by atoms with Crippen LogP contribution in [0.1, 0.15) is 41.0 Å². The number of hydrogen-bond donors (Lipinski definition) is 2. The van der Waals surface area contributed by atoms with Gasteiger partial charge in [-0.05, 0) is 20.8 Å². The average molecular weight is 327 g/mol. The smallest absolute Gasteiger partial charge is 0.243 e. The van der Waals surface area contributed by atoms with Gasteiger partial charge in [0.1, 0.15) is 5.54 Å². The Balaban J connectivity index is 2.00. The summed E-state index contributed by atoms with van der Waals surface area (Å²) in [6, 6.07) is 0.233. The highest BCUT2D eigenvalue weighted by molar-refractivity contribution is 5.89. The summed E-state index contributed by atoms with van der Waals surface area (Å²) in [7, 11) is 0. The molecule has 2 aliphatic rings. The van der Waals surface area contributed by atoms with Crippen molar-refractivity contribution in [1.29, 1.82) is 0 Å². The molecular formula is C17H33N3O3. The first-order valence-electron chi connectivity index (χ1n) is 8.75. The number of rotatable bonds is 5. The molecule has 0 radical (unpaired) electrons. The van der Waals surface area contributed by atoms with Crippen LogP contribution in [0.25, 0.3) is 0 Å². The number of hydrogen-bond acceptors (Lipinski definition) is 5. The molecule has 0 bridgehead atoms. The molecule has 1 aliphatic carbocycles. The number of nitrogens with zero attached hydrogens (tertiary/aromatic N) is 2. The van der Waals surface area contributed by atoms with Crippen molar-refractivity contribution in [3.8, 4) is 0 Å². The molecule has 2 rings (SSSR count). The molecule has 1 amide bonds. The normalized spacial score (nSPS) is 35.7. The van der Waals surface area contributed by atoms with Crippen molar-refractivity contribution in [2.75, 3.05) is 32.8 Å². The Morgan fingerprint density at radius 2 is 2.09 bits per heavy atom. The zero-order valence-corrected chi connectivity index (χ0v) is 15.2. The second-order valence-corrected chi connectivity index (χ2v) is 7.79. The van der Waals surface area contributed by atoms with Crippen molar-refractivity contribution in [2.45, 2.75) is 64.8 Å². The Morgan fingerprint density at radius 1 is 1.43 bits per heavy atom. The van der Waals surface area contributed by atoms with Gasteiger partial charge in [0.25, 0.3) is 0 Å². The first kappa shape index (κ1) is 18.6. The molecule has 1 saturated carbocycles. The molecule has 0 aromatic carbocycles. The van der Waals surface area contributed by atoms with E-state index in [4.69, 9.17) is 10.5 Å². The van der Waals surface area contributed by atoms with Gasteiger partial charge in [0.15, 0.2) is 0 Å². The van der Waals surface area contributed by atoms with Gasteiger partial charge in [-0.25, -0.2) is 0 Å². The van der Waals surface area contributed by atoms with Crippen LogP contribution < -0.4 is 5.73 Å². The highest BCUT2D eigenvalue weighted by Gasteiger charge is 2.63. The molecule has 23 heavy (non-hydrogen) atoms. The van der Waals surface area contributed by atoms with Crippen LogP contribution in [0.2, 0.25) is 0 Å². The molecule has 6 heteroatoms. The topological polar surface area (TPSA) is 79.0 Å². The zero-order valence-electron chi connectivity index (χ0n) is 15.2. The summed E-state index contributed by atoms with van der Waals surface area (Å²) in [5.41, 5.74) is 5.33. The molecule has 0 aromatic heterocycles. The van der Waals surface area contributed by atoms with E-state index in [2.05, 4.69) is 11.8 Å². The number of nitrogens with two attached hydrogens (primary N) is 1. The van der Waals surface area contributed by atoms with Gasteiger partial charge < -0.3 is 20.5 Å².